The number of rotatable bonds is 2. The lowest BCUT2D eigenvalue weighted by atomic mass is 10.0. The van der Waals surface area contributed by atoms with Gasteiger partial charge in [0.15, 0.2) is 0 Å². The lowest BCUT2D eigenvalue weighted by Gasteiger charge is -2.02. The molecule has 1 aliphatic rings. The molecule has 0 amide bonds. The van der Waals surface area contributed by atoms with E-state index in [9.17, 15) is 0 Å². The van der Waals surface area contributed by atoms with E-state index in [1.165, 1.54) is 12.0 Å². The molecular formula is C15H23N. The van der Waals surface area contributed by atoms with E-state index in [2.05, 4.69) is 57.0 Å². The predicted octanol–water partition coefficient (Wildman–Crippen LogP) is 4.67. The molecule has 0 fully saturated rings. The summed E-state index contributed by atoms with van der Waals surface area (Å²) >= 11 is 0. The Balaban J connectivity index is 0.000000160. The molecule has 0 radical (unpaired) electrons. The molecule has 1 heterocycles. The van der Waals surface area contributed by atoms with Gasteiger partial charge >= 0.3 is 0 Å². The van der Waals surface area contributed by atoms with Crippen LogP contribution in [0.4, 0.5) is 0 Å². The van der Waals surface area contributed by atoms with Crippen LogP contribution in [-0.4, -0.2) is 4.98 Å². The Kier molecular flexibility index (Phi) is 5.10. The zero-order valence-electron chi connectivity index (χ0n) is 10.8. The molecule has 1 aromatic heterocycles. The Labute approximate surface area is 99.3 Å². The molecule has 0 aromatic carbocycles. The number of aromatic nitrogens is 1. The lowest BCUT2D eigenvalue weighted by Crippen LogP contribution is -1.88. The number of aromatic amines is 1. The summed E-state index contributed by atoms with van der Waals surface area (Å²) in [6.45, 7) is 8.84. The van der Waals surface area contributed by atoms with E-state index in [4.69, 9.17) is 0 Å². The quantitative estimate of drug-likeness (QED) is 0.741. The molecule has 0 saturated carbocycles. The second-order valence-corrected chi connectivity index (χ2v) is 4.83. The van der Waals surface area contributed by atoms with Crippen LogP contribution < -0.4 is 0 Å². The van der Waals surface area contributed by atoms with Gasteiger partial charge in [-0.2, -0.15) is 0 Å². The average Bonchev–Trinajstić information content (AvgIpc) is 2.93. The summed E-state index contributed by atoms with van der Waals surface area (Å²) in [6.07, 6.45) is 11.7. The van der Waals surface area contributed by atoms with Crippen LogP contribution >= 0.6 is 0 Å². The van der Waals surface area contributed by atoms with Gasteiger partial charge in [0.2, 0.25) is 0 Å². The molecule has 0 unspecified atom stereocenters. The van der Waals surface area contributed by atoms with Gasteiger partial charge in [0.05, 0.1) is 0 Å². The highest BCUT2D eigenvalue weighted by Crippen LogP contribution is 2.18. The maximum atomic E-state index is 3.01. The van der Waals surface area contributed by atoms with Gasteiger partial charge < -0.3 is 4.98 Å². The number of hydrogen-bond donors (Lipinski definition) is 1. The van der Waals surface area contributed by atoms with Crippen LogP contribution in [0.2, 0.25) is 0 Å². The first-order valence-electron chi connectivity index (χ1n) is 6.09. The smallest absolute Gasteiger partial charge is 0.00399 e. The Morgan fingerprint density at radius 1 is 1.12 bits per heavy atom. The van der Waals surface area contributed by atoms with E-state index in [1.54, 1.807) is 5.57 Å². The van der Waals surface area contributed by atoms with Crippen LogP contribution in [-0.2, 0) is 0 Å². The van der Waals surface area contributed by atoms with E-state index in [-0.39, 0.29) is 0 Å². The van der Waals surface area contributed by atoms with Crippen molar-refractivity contribution >= 4 is 0 Å². The van der Waals surface area contributed by atoms with Gasteiger partial charge in [0, 0.05) is 12.4 Å². The third kappa shape index (κ3) is 4.09. The molecule has 0 saturated heterocycles. The summed E-state index contributed by atoms with van der Waals surface area (Å²) in [5.74, 6) is 1.39. The van der Waals surface area contributed by atoms with Gasteiger partial charge in [0.25, 0.3) is 0 Å². The normalized spacial score (nSPS) is 14.0. The van der Waals surface area contributed by atoms with E-state index in [0.717, 1.165) is 5.92 Å². The molecule has 1 N–H and O–H groups in total. The standard InChI is InChI=1S/C8H12.C7H11N/c1-7(2)8-5-3-4-6-8;1-6(2)7-3-4-8-5-7/h3-5,7H,6H2,1-2H3;3-6,8H,1-2H3. The van der Waals surface area contributed by atoms with Crippen molar-refractivity contribution in [1.82, 2.24) is 4.98 Å². The monoisotopic (exact) mass is 217 g/mol. The first-order valence-corrected chi connectivity index (χ1v) is 6.09. The maximum Gasteiger partial charge on any atom is 0.00399 e. The van der Waals surface area contributed by atoms with Crippen LogP contribution in [0.1, 0.15) is 45.6 Å². The van der Waals surface area contributed by atoms with Crippen molar-refractivity contribution < 1.29 is 0 Å². The molecule has 16 heavy (non-hydrogen) atoms. The van der Waals surface area contributed by atoms with Crippen molar-refractivity contribution in [1.29, 1.82) is 0 Å². The minimum atomic E-state index is 0.654. The van der Waals surface area contributed by atoms with Gasteiger partial charge in [-0.15, -0.1) is 0 Å². The molecule has 0 bridgehead atoms. The van der Waals surface area contributed by atoms with E-state index in [1.807, 2.05) is 12.4 Å². The molecule has 1 heteroatoms. The lowest BCUT2D eigenvalue weighted by molar-refractivity contribution is 0.753. The van der Waals surface area contributed by atoms with Crippen molar-refractivity contribution in [3.8, 4) is 0 Å². The summed E-state index contributed by atoms with van der Waals surface area (Å²) in [4.78, 5) is 3.01. The van der Waals surface area contributed by atoms with Crippen molar-refractivity contribution in [3.63, 3.8) is 0 Å². The molecule has 1 aromatic rings. The molecule has 1 aliphatic carbocycles. The molecule has 0 aliphatic heterocycles. The van der Waals surface area contributed by atoms with Crippen molar-refractivity contribution in [3.05, 3.63) is 47.8 Å². The largest absolute Gasteiger partial charge is 0.367 e. The number of H-pyrrole nitrogens is 1. The zero-order valence-corrected chi connectivity index (χ0v) is 10.8. The number of allylic oxidation sites excluding steroid dienone is 4. The van der Waals surface area contributed by atoms with Gasteiger partial charge in [-0.25, -0.2) is 0 Å². The summed E-state index contributed by atoms with van der Waals surface area (Å²) in [5.41, 5.74) is 2.94. The molecule has 0 atom stereocenters. The van der Waals surface area contributed by atoms with E-state index < -0.39 is 0 Å². The fraction of sp³-hybridized carbons (Fsp3) is 0.467. The van der Waals surface area contributed by atoms with Crippen molar-refractivity contribution in [2.75, 3.05) is 0 Å². The van der Waals surface area contributed by atoms with E-state index >= 15 is 0 Å². The SMILES string of the molecule is CC(C)C1=CC=CC1.CC(C)c1cc[nH]c1. The molecule has 2 rings (SSSR count). The highest BCUT2D eigenvalue weighted by atomic mass is 14.6. The van der Waals surface area contributed by atoms with Gasteiger partial charge in [-0.05, 0) is 29.9 Å². The van der Waals surface area contributed by atoms with Crippen LogP contribution in [0.5, 0.6) is 0 Å². The molecule has 0 spiro atoms. The maximum absolute atomic E-state index is 3.01. The first-order chi connectivity index (χ1) is 7.61. The van der Waals surface area contributed by atoms with Crippen LogP contribution in [0, 0.1) is 5.92 Å². The van der Waals surface area contributed by atoms with Gasteiger partial charge in [-0.3, -0.25) is 0 Å². The van der Waals surface area contributed by atoms with Gasteiger partial charge in [-0.1, -0.05) is 51.5 Å². The molecule has 1 nitrogen and oxygen atoms in total. The van der Waals surface area contributed by atoms with Gasteiger partial charge in [0.1, 0.15) is 0 Å². The zero-order chi connectivity index (χ0) is 12.0. The Bertz CT molecular complexity index is 340. The van der Waals surface area contributed by atoms with Crippen molar-refractivity contribution in [2.45, 2.75) is 40.0 Å². The third-order valence-corrected chi connectivity index (χ3v) is 2.83. The topological polar surface area (TPSA) is 15.8 Å². The highest BCUT2D eigenvalue weighted by Gasteiger charge is 2.01. The fourth-order valence-corrected chi connectivity index (χ4v) is 1.59. The predicted molar refractivity (Wildman–Crippen MR) is 71.6 cm³/mol. The Hall–Kier alpha value is -1.24. The first kappa shape index (κ1) is 12.8. The third-order valence-electron chi connectivity index (χ3n) is 2.83. The summed E-state index contributed by atoms with van der Waals surface area (Å²) in [5, 5.41) is 0. The average molecular weight is 217 g/mol. The minimum Gasteiger partial charge on any atom is -0.367 e. The fourth-order valence-electron chi connectivity index (χ4n) is 1.59. The van der Waals surface area contributed by atoms with Crippen LogP contribution in [0.15, 0.2) is 42.3 Å². The Morgan fingerprint density at radius 3 is 2.12 bits per heavy atom. The molecular weight excluding hydrogens is 194 g/mol. The summed E-state index contributed by atoms with van der Waals surface area (Å²) in [6, 6.07) is 2.10. The number of nitrogens with one attached hydrogen (secondary N) is 1. The number of hydrogen-bond acceptors (Lipinski definition) is 0. The summed E-state index contributed by atoms with van der Waals surface area (Å²) < 4.78 is 0. The molecule has 88 valence electrons. The van der Waals surface area contributed by atoms with Crippen LogP contribution in [0.25, 0.3) is 0 Å². The second-order valence-electron chi connectivity index (χ2n) is 4.83. The van der Waals surface area contributed by atoms with E-state index in [0.29, 0.717) is 5.92 Å². The van der Waals surface area contributed by atoms with Crippen molar-refractivity contribution in [2.24, 2.45) is 5.92 Å². The van der Waals surface area contributed by atoms with Crippen LogP contribution in [0.3, 0.4) is 0 Å². The highest BCUT2D eigenvalue weighted by molar-refractivity contribution is 5.23. The second kappa shape index (κ2) is 6.37. The Morgan fingerprint density at radius 2 is 1.88 bits per heavy atom. The summed E-state index contributed by atoms with van der Waals surface area (Å²) in [7, 11) is 0. The minimum absolute atomic E-state index is 0.654.